The summed E-state index contributed by atoms with van der Waals surface area (Å²) in [4.78, 5) is 2.64. The van der Waals surface area contributed by atoms with Crippen molar-refractivity contribution in [3.8, 4) is 0 Å². The Balaban J connectivity index is 1.49. The van der Waals surface area contributed by atoms with E-state index in [2.05, 4.69) is 18.9 Å². The van der Waals surface area contributed by atoms with Gasteiger partial charge in [0.25, 0.3) is 0 Å². The van der Waals surface area contributed by atoms with Crippen molar-refractivity contribution in [2.75, 3.05) is 27.3 Å². The first-order valence-corrected chi connectivity index (χ1v) is 11.6. The summed E-state index contributed by atoms with van der Waals surface area (Å²) >= 11 is 0. The lowest BCUT2D eigenvalue weighted by Gasteiger charge is -2.43. The second-order valence-corrected chi connectivity index (χ2v) is 9.34. The van der Waals surface area contributed by atoms with Crippen LogP contribution in [-0.4, -0.2) is 50.5 Å². The van der Waals surface area contributed by atoms with Crippen molar-refractivity contribution in [2.45, 2.75) is 102 Å². The number of nitrogens with zero attached hydrogens (tertiary/aromatic N) is 1. The average Bonchev–Trinajstić information content (AvgIpc) is 2.69. The number of rotatable bonds is 7. The lowest BCUT2D eigenvalue weighted by atomic mass is 9.69. The molecule has 5 unspecified atom stereocenters. The minimum atomic E-state index is 0.476. The van der Waals surface area contributed by atoms with Crippen LogP contribution in [0.2, 0.25) is 0 Å². The van der Waals surface area contributed by atoms with Crippen LogP contribution in [0.3, 0.4) is 0 Å². The van der Waals surface area contributed by atoms with Crippen molar-refractivity contribution in [1.29, 1.82) is 0 Å². The van der Waals surface area contributed by atoms with Gasteiger partial charge in [0.1, 0.15) is 0 Å². The summed E-state index contributed by atoms with van der Waals surface area (Å²) in [7, 11) is 4.30. The molecule has 0 spiro atoms. The molecule has 3 nitrogen and oxygen atoms in total. The minimum Gasteiger partial charge on any atom is -0.381 e. The Morgan fingerprint density at radius 2 is 1.65 bits per heavy atom. The number of methoxy groups -OCH3 is 1. The Kier molecular flexibility index (Phi) is 8.27. The normalized spacial score (nSPS) is 37.2. The van der Waals surface area contributed by atoms with E-state index in [1.807, 2.05) is 7.11 Å². The van der Waals surface area contributed by atoms with E-state index >= 15 is 0 Å². The fourth-order valence-electron chi connectivity index (χ4n) is 6.18. The molecule has 3 saturated carbocycles. The van der Waals surface area contributed by atoms with Crippen molar-refractivity contribution < 1.29 is 9.47 Å². The molecule has 3 aliphatic carbocycles. The largest absolute Gasteiger partial charge is 0.381 e. The molecule has 0 amide bonds. The lowest BCUT2D eigenvalue weighted by Crippen LogP contribution is -2.45. The van der Waals surface area contributed by atoms with Gasteiger partial charge in [-0.25, -0.2) is 0 Å². The van der Waals surface area contributed by atoms with Gasteiger partial charge in [-0.2, -0.15) is 0 Å². The minimum absolute atomic E-state index is 0.476. The zero-order valence-electron chi connectivity index (χ0n) is 17.6. The lowest BCUT2D eigenvalue weighted by molar-refractivity contribution is -0.0335. The highest BCUT2D eigenvalue weighted by Crippen LogP contribution is 2.41. The van der Waals surface area contributed by atoms with Crippen molar-refractivity contribution in [3.05, 3.63) is 0 Å². The Labute approximate surface area is 162 Å². The quantitative estimate of drug-likeness (QED) is 0.613. The molecule has 26 heavy (non-hydrogen) atoms. The van der Waals surface area contributed by atoms with Gasteiger partial charge in [0, 0.05) is 26.3 Å². The monoisotopic (exact) mass is 365 g/mol. The van der Waals surface area contributed by atoms with Crippen molar-refractivity contribution in [2.24, 2.45) is 17.8 Å². The highest BCUT2D eigenvalue weighted by Gasteiger charge is 2.36. The smallest absolute Gasteiger partial charge is 0.0614 e. The van der Waals surface area contributed by atoms with Gasteiger partial charge in [0.05, 0.1) is 12.2 Å². The molecular formula is C23H43NO2. The van der Waals surface area contributed by atoms with E-state index in [1.165, 1.54) is 83.6 Å². The fourth-order valence-corrected chi connectivity index (χ4v) is 6.18. The van der Waals surface area contributed by atoms with Crippen molar-refractivity contribution in [3.63, 3.8) is 0 Å². The zero-order chi connectivity index (χ0) is 18.4. The molecule has 0 heterocycles. The molecule has 0 aromatic carbocycles. The Bertz CT molecular complexity index is 394. The summed E-state index contributed by atoms with van der Waals surface area (Å²) in [5.74, 6) is 2.64. The topological polar surface area (TPSA) is 21.7 Å². The number of hydrogen-bond acceptors (Lipinski definition) is 3. The Morgan fingerprint density at radius 3 is 2.38 bits per heavy atom. The number of ether oxygens (including phenoxy) is 2. The maximum Gasteiger partial charge on any atom is 0.0614 e. The highest BCUT2D eigenvalue weighted by molar-refractivity contribution is 4.88. The summed E-state index contributed by atoms with van der Waals surface area (Å²) in [6.45, 7) is 4.19. The van der Waals surface area contributed by atoms with Crippen LogP contribution in [0.25, 0.3) is 0 Å². The molecule has 0 saturated heterocycles. The molecule has 0 aromatic heterocycles. The van der Waals surface area contributed by atoms with Crippen LogP contribution >= 0.6 is 0 Å². The van der Waals surface area contributed by atoms with E-state index in [0.717, 1.165) is 24.4 Å². The first-order valence-electron chi connectivity index (χ1n) is 11.6. The first-order chi connectivity index (χ1) is 12.7. The predicted octanol–water partition coefficient (Wildman–Crippen LogP) is 5.28. The van der Waals surface area contributed by atoms with Crippen LogP contribution in [0.5, 0.6) is 0 Å². The van der Waals surface area contributed by atoms with E-state index in [9.17, 15) is 0 Å². The van der Waals surface area contributed by atoms with Gasteiger partial charge in [0.2, 0.25) is 0 Å². The van der Waals surface area contributed by atoms with Gasteiger partial charge in [-0.05, 0) is 76.7 Å². The van der Waals surface area contributed by atoms with Gasteiger partial charge >= 0.3 is 0 Å². The molecule has 0 bridgehead atoms. The molecule has 3 aliphatic rings. The Morgan fingerprint density at radius 1 is 0.846 bits per heavy atom. The van der Waals surface area contributed by atoms with E-state index in [1.54, 1.807) is 0 Å². The third kappa shape index (κ3) is 5.45. The van der Waals surface area contributed by atoms with Gasteiger partial charge in [-0.1, -0.05) is 32.1 Å². The molecule has 3 fully saturated rings. The van der Waals surface area contributed by atoms with Crippen LogP contribution in [0.4, 0.5) is 0 Å². The van der Waals surface area contributed by atoms with Crippen LogP contribution in [-0.2, 0) is 9.47 Å². The molecular weight excluding hydrogens is 322 g/mol. The van der Waals surface area contributed by atoms with Crippen LogP contribution in [0, 0.1) is 17.8 Å². The third-order valence-electron chi connectivity index (χ3n) is 7.73. The number of hydrogen-bond donors (Lipinski definition) is 0. The molecule has 3 rings (SSSR count). The van der Waals surface area contributed by atoms with E-state index in [-0.39, 0.29) is 0 Å². The summed E-state index contributed by atoms with van der Waals surface area (Å²) in [5, 5.41) is 0. The first kappa shape index (κ1) is 20.6. The molecule has 0 N–H and O–H groups in total. The highest BCUT2D eigenvalue weighted by atomic mass is 16.5. The molecule has 0 radical (unpaired) electrons. The summed E-state index contributed by atoms with van der Waals surface area (Å²) in [6.07, 6.45) is 17.6. The van der Waals surface area contributed by atoms with E-state index < -0.39 is 0 Å². The molecule has 0 aliphatic heterocycles. The van der Waals surface area contributed by atoms with E-state index in [0.29, 0.717) is 18.2 Å². The SMILES string of the molecule is CCOC1CCCC(N(C)CC2CCC(C3CCCCC3)CC2OC)C1. The van der Waals surface area contributed by atoms with Gasteiger partial charge in [0.15, 0.2) is 0 Å². The van der Waals surface area contributed by atoms with Crippen molar-refractivity contribution >= 4 is 0 Å². The molecule has 3 heteroatoms. The van der Waals surface area contributed by atoms with Gasteiger partial charge in [-0.15, -0.1) is 0 Å². The average molecular weight is 366 g/mol. The predicted molar refractivity (Wildman–Crippen MR) is 109 cm³/mol. The van der Waals surface area contributed by atoms with Gasteiger partial charge < -0.3 is 14.4 Å². The second-order valence-electron chi connectivity index (χ2n) is 9.34. The summed E-state index contributed by atoms with van der Waals surface area (Å²) < 4.78 is 11.9. The Hall–Kier alpha value is -0.120. The van der Waals surface area contributed by atoms with E-state index in [4.69, 9.17) is 9.47 Å². The fraction of sp³-hybridized carbons (Fsp3) is 1.00. The maximum atomic E-state index is 6.02. The van der Waals surface area contributed by atoms with Crippen LogP contribution in [0.15, 0.2) is 0 Å². The van der Waals surface area contributed by atoms with Gasteiger partial charge in [-0.3, -0.25) is 0 Å². The van der Waals surface area contributed by atoms with Crippen LogP contribution < -0.4 is 0 Å². The third-order valence-corrected chi connectivity index (χ3v) is 7.73. The second kappa shape index (κ2) is 10.4. The molecule has 5 atom stereocenters. The van der Waals surface area contributed by atoms with Crippen LogP contribution in [0.1, 0.15) is 84.0 Å². The maximum absolute atomic E-state index is 6.02. The summed E-state index contributed by atoms with van der Waals surface area (Å²) in [5.41, 5.74) is 0. The zero-order valence-corrected chi connectivity index (χ0v) is 17.6. The molecule has 152 valence electrons. The molecule has 0 aromatic rings. The standard InChI is InChI=1S/C23H43NO2/c1-4-26-22-12-8-11-21(16-22)24(2)17-20-14-13-19(15-23(20)25-3)18-9-6-5-7-10-18/h18-23H,4-17H2,1-3H3. The van der Waals surface area contributed by atoms with Crippen molar-refractivity contribution in [1.82, 2.24) is 4.90 Å². The summed E-state index contributed by atoms with van der Waals surface area (Å²) in [6, 6.07) is 0.703.